The zero-order valence-electron chi connectivity index (χ0n) is 20.3. The Morgan fingerprint density at radius 3 is 2.23 bits per heavy atom. The number of amides is 2. The lowest BCUT2D eigenvalue weighted by Crippen LogP contribution is -2.36. The molecule has 1 aliphatic rings. The molecule has 0 spiro atoms. The number of terminal acetylenes is 1. The summed E-state index contributed by atoms with van der Waals surface area (Å²) in [6.07, 6.45) is 6.14. The summed E-state index contributed by atoms with van der Waals surface area (Å²) < 4.78 is 5.56. The van der Waals surface area contributed by atoms with Crippen LogP contribution in [0.3, 0.4) is 0 Å². The van der Waals surface area contributed by atoms with E-state index >= 15 is 0 Å². The minimum atomic E-state index is -1.10. The van der Waals surface area contributed by atoms with Crippen LogP contribution in [0.2, 0.25) is 0 Å². The highest BCUT2D eigenvalue weighted by molar-refractivity contribution is 5.81. The third kappa shape index (κ3) is 6.86. The molecular weight excluding hydrogens is 444 g/mol. The van der Waals surface area contributed by atoms with Crippen molar-refractivity contribution in [2.24, 2.45) is 5.41 Å². The Morgan fingerprint density at radius 2 is 1.66 bits per heavy atom. The molecule has 0 bridgehead atoms. The number of nitrogens with zero attached hydrogens (tertiary/aromatic N) is 1. The van der Waals surface area contributed by atoms with Gasteiger partial charge in [0.15, 0.2) is 0 Å². The second-order valence-corrected chi connectivity index (χ2v) is 9.51. The van der Waals surface area contributed by atoms with Crippen molar-refractivity contribution in [1.82, 2.24) is 10.2 Å². The van der Waals surface area contributed by atoms with Crippen molar-refractivity contribution in [2.75, 3.05) is 26.2 Å². The van der Waals surface area contributed by atoms with Gasteiger partial charge in [-0.05, 0) is 40.5 Å². The summed E-state index contributed by atoms with van der Waals surface area (Å²) in [4.78, 5) is 36.8. The molecule has 0 radical (unpaired) electrons. The Balaban J connectivity index is 1.44. The number of rotatable bonds is 11. The first-order valence-electron chi connectivity index (χ1n) is 11.7. The van der Waals surface area contributed by atoms with Crippen molar-refractivity contribution >= 4 is 18.0 Å². The number of nitrogens with one attached hydrogen (secondary N) is 1. The average Bonchev–Trinajstić information content (AvgIpc) is 3.14. The number of carbonyl (C=O) groups excluding carboxylic acids is 2. The van der Waals surface area contributed by atoms with E-state index in [4.69, 9.17) is 16.3 Å². The number of ether oxygens (including phenoxy) is 1. The fraction of sp³-hybridized carbons (Fsp3) is 0.393. The Hall–Kier alpha value is -3.79. The van der Waals surface area contributed by atoms with Gasteiger partial charge in [0.1, 0.15) is 13.2 Å². The summed E-state index contributed by atoms with van der Waals surface area (Å²) >= 11 is 0. The third-order valence-electron chi connectivity index (χ3n) is 6.39. The molecule has 0 saturated heterocycles. The number of hydrogen-bond donors (Lipinski definition) is 2. The fourth-order valence-corrected chi connectivity index (χ4v) is 4.39. The Morgan fingerprint density at radius 1 is 1.06 bits per heavy atom. The predicted molar refractivity (Wildman–Crippen MR) is 134 cm³/mol. The van der Waals surface area contributed by atoms with Gasteiger partial charge in [0, 0.05) is 18.9 Å². The van der Waals surface area contributed by atoms with Gasteiger partial charge >= 0.3 is 12.1 Å². The van der Waals surface area contributed by atoms with E-state index in [1.807, 2.05) is 38.1 Å². The molecule has 35 heavy (non-hydrogen) atoms. The van der Waals surface area contributed by atoms with Gasteiger partial charge in [-0.2, -0.15) is 0 Å². The number of aliphatic carboxylic acids is 1. The Bertz CT molecular complexity index is 1070. The van der Waals surface area contributed by atoms with Gasteiger partial charge in [0.2, 0.25) is 5.91 Å². The second-order valence-electron chi connectivity index (χ2n) is 9.51. The molecule has 184 valence electrons. The van der Waals surface area contributed by atoms with Gasteiger partial charge < -0.3 is 20.1 Å². The first-order chi connectivity index (χ1) is 16.7. The molecule has 2 aromatic carbocycles. The molecule has 0 fully saturated rings. The fourth-order valence-electron chi connectivity index (χ4n) is 4.39. The number of carboxylic acids is 1. The van der Waals surface area contributed by atoms with E-state index in [1.54, 1.807) is 0 Å². The molecule has 2 amide bonds. The summed E-state index contributed by atoms with van der Waals surface area (Å²) in [7, 11) is 0. The van der Waals surface area contributed by atoms with Crippen molar-refractivity contribution in [3.63, 3.8) is 0 Å². The highest BCUT2D eigenvalue weighted by atomic mass is 16.5. The van der Waals surface area contributed by atoms with Crippen LogP contribution in [0.5, 0.6) is 0 Å². The summed E-state index contributed by atoms with van der Waals surface area (Å²) in [6.45, 7) is 4.22. The molecule has 0 aliphatic heterocycles. The van der Waals surface area contributed by atoms with Crippen LogP contribution in [0.1, 0.15) is 50.2 Å². The van der Waals surface area contributed by atoms with Crippen LogP contribution in [0, 0.1) is 17.8 Å². The molecule has 2 aromatic rings. The minimum absolute atomic E-state index is 0.00682. The van der Waals surface area contributed by atoms with Gasteiger partial charge in [0.05, 0.1) is 6.54 Å². The van der Waals surface area contributed by atoms with E-state index in [0.29, 0.717) is 19.4 Å². The maximum atomic E-state index is 12.4. The van der Waals surface area contributed by atoms with Crippen LogP contribution < -0.4 is 5.32 Å². The molecule has 0 aromatic heterocycles. The number of alkyl carbamates (subject to hydrolysis) is 1. The normalized spacial score (nSPS) is 12.3. The first kappa shape index (κ1) is 25.8. The quantitative estimate of drug-likeness (QED) is 0.472. The van der Waals surface area contributed by atoms with Crippen molar-refractivity contribution in [2.45, 2.75) is 39.0 Å². The summed E-state index contributed by atoms with van der Waals surface area (Å²) in [6, 6.07) is 16.4. The van der Waals surface area contributed by atoms with Crippen LogP contribution in [-0.4, -0.2) is 54.2 Å². The van der Waals surface area contributed by atoms with Crippen LogP contribution in [0.15, 0.2) is 48.5 Å². The van der Waals surface area contributed by atoms with E-state index in [0.717, 1.165) is 16.0 Å². The third-order valence-corrected chi connectivity index (χ3v) is 6.39. The van der Waals surface area contributed by atoms with Crippen molar-refractivity contribution < 1.29 is 24.2 Å². The van der Waals surface area contributed by atoms with Crippen LogP contribution in [-0.2, 0) is 14.3 Å². The topological polar surface area (TPSA) is 95.9 Å². The van der Waals surface area contributed by atoms with Crippen molar-refractivity contribution in [3.05, 3.63) is 59.7 Å². The highest BCUT2D eigenvalue weighted by Crippen LogP contribution is 2.44. The van der Waals surface area contributed by atoms with E-state index in [-0.39, 0.29) is 36.8 Å². The summed E-state index contributed by atoms with van der Waals surface area (Å²) in [5.41, 5.74) is 4.44. The van der Waals surface area contributed by atoms with Gasteiger partial charge in [-0.3, -0.25) is 9.59 Å². The molecule has 2 N–H and O–H groups in total. The monoisotopic (exact) mass is 476 g/mol. The lowest BCUT2D eigenvalue weighted by molar-refractivity contribution is -0.144. The van der Waals surface area contributed by atoms with Crippen LogP contribution in [0.4, 0.5) is 4.79 Å². The largest absolute Gasteiger partial charge is 0.480 e. The number of carboxylic acid groups (broad SMARTS) is 1. The van der Waals surface area contributed by atoms with Gasteiger partial charge in [-0.25, -0.2) is 4.79 Å². The van der Waals surface area contributed by atoms with E-state index in [2.05, 4.69) is 35.5 Å². The van der Waals surface area contributed by atoms with Crippen LogP contribution >= 0.6 is 0 Å². The van der Waals surface area contributed by atoms with Gasteiger partial charge in [-0.15, -0.1) is 6.42 Å². The standard InChI is InChI=1S/C28H32N2O5/c1-4-17-30(18-26(32)33)25(31)13-14-28(2,3)15-16-29-27(34)35-19-24-22-11-7-5-9-20(22)21-10-6-8-12-23(21)24/h1,5-12,24H,13-19H2,2-3H3,(H,29,34)(H,32,33). The lowest BCUT2D eigenvalue weighted by Gasteiger charge is -2.26. The Kier molecular flexibility index (Phi) is 8.53. The van der Waals surface area contributed by atoms with E-state index in [1.165, 1.54) is 11.1 Å². The second kappa shape index (κ2) is 11.6. The smallest absolute Gasteiger partial charge is 0.407 e. The van der Waals surface area contributed by atoms with E-state index < -0.39 is 18.6 Å². The van der Waals surface area contributed by atoms with Crippen molar-refractivity contribution in [3.8, 4) is 23.5 Å². The molecular formula is C28H32N2O5. The maximum Gasteiger partial charge on any atom is 0.407 e. The van der Waals surface area contributed by atoms with Crippen molar-refractivity contribution in [1.29, 1.82) is 0 Å². The van der Waals surface area contributed by atoms with Crippen LogP contribution in [0.25, 0.3) is 11.1 Å². The average molecular weight is 477 g/mol. The number of benzene rings is 2. The van der Waals surface area contributed by atoms with E-state index in [9.17, 15) is 14.4 Å². The minimum Gasteiger partial charge on any atom is -0.480 e. The molecule has 0 saturated carbocycles. The van der Waals surface area contributed by atoms with Gasteiger partial charge in [0.25, 0.3) is 0 Å². The highest BCUT2D eigenvalue weighted by Gasteiger charge is 2.29. The Labute approximate surface area is 206 Å². The maximum absolute atomic E-state index is 12.4. The molecule has 1 aliphatic carbocycles. The number of fused-ring (bicyclic) bond motifs is 3. The lowest BCUT2D eigenvalue weighted by atomic mass is 9.84. The number of carbonyl (C=O) groups is 3. The summed E-state index contributed by atoms with van der Waals surface area (Å²) in [5, 5.41) is 11.8. The van der Waals surface area contributed by atoms with Gasteiger partial charge in [-0.1, -0.05) is 68.3 Å². The SMILES string of the molecule is C#CCN(CC(=O)O)C(=O)CCC(C)(C)CCNC(=O)OCC1c2ccccc2-c2ccccc21. The molecule has 7 nitrogen and oxygen atoms in total. The predicted octanol–water partition coefficient (Wildman–Crippen LogP) is 4.27. The molecule has 7 heteroatoms. The molecule has 0 heterocycles. The summed E-state index contributed by atoms with van der Waals surface area (Å²) in [5.74, 6) is 0.942. The molecule has 0 unspecified atom stereocenters. The molecule has 3 rings (SSSR count). The zero-order chi connectivity index (χ0) is 25.4. The first-order valence-corrected chi connectivity index (χ1v) is 11.7. The number of hydrogen-bond acceptors (Lipinski definition) is 4. The molecule has 0 atom stereocenters. The zero-order valence-corrected chi connectivity index (χ0v) is 20.3.